The quantitative estimate of drug-likeness (QED) is 0.435. The molecular formula is C26H28BrN3O3. The molecule has 4 amide bonds. The van der Waals surface area contributed by atoms with Crippen molar-refractivity contribution < 1.29 is 14.4 Å². The zero-order chi connectivity index (χ0) is 24.1. The van der Waals surface area contributed by atoms with Gasteiger partial charge in [-0.15, -0.1) is 0 Å². The maximum absolute atomic E-state index is 13.3. The summed E-state index contributed by atoms with van der Waals surface area (Å²) in [5.74, 6) is -0.968. The summed E-state index contributed by atoms with van der Waals surface area (Å²) in [6.45, 7) is 11.6. The molecule has 6 nitrogen and oxygen atoms in total. The second-order valence-corrected chi connectivity index (χ2v) is 10.3. The van der Waals surface area contributed by atoms with Crippen molar-refractivity contribution in [3.8, 4) is 0 Å². The lowest BCUT2D eigenvalue weighted by atomic mass is 9.79. The van der Waals surface area contributed by atoms with Gasteiger partial charge in [0.15, 0.2) is 0 Å². The lowest BCUT2D eigenvalue weighted by Crippen LogP contribution is -2.54. The fourth-order valence-corrected chi connectivity index (χ4v) is 5.59. The van der Waals surface area contributed by atoms with E-state index < -0.39 is 17.8 Å². The van der Waals surface area contributed by atoms with Crippen molar-refractivity contribution >= 4 is 51.2 Å². The van der Waals surface area contributed by atoms with E-state index in [0.717, 1.165) is 33.5 Å². The number of amides is 4. The highest BCUT2D eigenvalue weighted by molar-refractivity contribution is 9.10. The van der Waals surface area contributed by atoms with Crippen LogP contribution in [0.15, 0.2) is 46.4 Å². The molecule has 1 atom stereocenters. The first kappa shape index (κ1) is 23.2. The van der Waals surface area contributed by atoms with Crippen molar-refractivity contribution in [1.29, 1.82) is 0 Å². The van der Waals surface area contributed by atoms with E-state index in [1.54, 1.807) is 18.2 Å². The largest absolute Gasteiger partial charge is 0.366 e. The zero-order valence-corrected chi connectivity index (χ0v) is 21.1. The summed E-state index contributed by atoms with van der Waals surface area (Å²) in [4.78, 5) is 41.9. The monoisotopic (exact) mass is 509 g/mol. The van der Waals surface area contributed by atoms with Crippen molar-refractivity contribution in [2.45, 2.75) is 52.5 Å². The van der Waals surface area contributed by atoms with Crippen LogP contribution in [0.1, 0.15) is 56.7 Å². The van der Waals surface area contributed by atoms with Crippen molar-refractivity contribution in [2.75, 3.05) is 16.3 Å². The van der Waals surface area contributed by atoms with Crippen molar-refractivity contribution in [2.24, 2.45) is 0 Å². The predicted molar refractivity (Wildman–Crippen MR) is 134 cm³/mol. The fraction of sp³-hybridized carbons (Fsp3) is 0.346. The van der Waals surface area contributed by atoms with E-state index in [0.29, 0.717) is 11.6 Å². The Morgan fingerprint density at radius 2 is 1.82 bits per heavy atom. The summed E-state index contributed by atoms with van der Waals surface area (Å²) < 4.78 is 0.841. The van der Waals surface area contributed by atoms with Gasteiger partial charge in [0.05, 0.1) is 5.69 Å². The molecule has 7 heteroatoms. The summed E-state index contributed by atoms with van der Waals surface area (Å²) in [6.07, 6.45) is 2.59. The Labute approximate surface area is 202 Å². The number of carbonyl (C=O) groups excluding carboxylic acids is 3. The molecule has 2 heterocycles. The maximum atomic E-state index is 13.3. The molecule has 33 heavy (non-hydrogen) atoms. The summed E-state index contributed by atoms with van der Waals surface area (Å²) in [7, 11) is 0. The molecule has 1 saturated heterocycles. The van der Waals surface area contributed by atoms with E-state index in [4.69, 9.17) is 0 Å². The van der Waals surface area contributed by atoms with Crippen LogP contribution in [0.3, 0.4) is 0 Å². The predicted octanol–water partition coefficient (Wildman–Crippen LogP) is 5.54. The number of aryl methyl sites for hydroxylation is 1. The number of imide groups is 2. The summed E-state index contributed by atoms with van der Waals surface area (Å²) >= 11 is 3.39. The van der Waals surface area contributed by atoms with Gasteiger partial charge >= 0.3 is 6.03 Å². The molecule has 1 unspecified atom stereocenters. The minimum absolute atomic E-state index is 0.0593. The van der Waals surface area contributed by atoms with Crippen LogP contribution >= 0.6 is 15.9 Å². The third-order valence-electron chi connectivity index (χ3n) is 6.54. The first-order chi connectivity index (χ1) is 15.5. The van der Waals surface area contributed by atoms with Gasteiger partial charge in [-0.25, -0.2) is 9.69 Å². The third kappa shape index (κ3) is 4.10. The number of halogens is 1. The Morgan fingerprint density at radius 1 is 1.12 bits per heavy atom. The zero-order valence-electron chi connectivity index (χ0n) is 19.5. The highest BCUT2D eigenvalue weighted by atomic mass is 79.9. The van der Waals surface area contributed by atoms with Gasteiger partial charge in [-0.2, -0.15) is 0 Å². The number of nitrogens with one attached hydrogen (secondary N) is 1. The van der Waals surface area contributed by atoms with Gasteiger partial charge in [0, 0.05) is 22.2 Å². The molecule has 1 N–H and O–H groups in total. The molecule has 0 radical (unpaired) electrons. The lowest BCUT2D eigenvalue weighted by Gasteiger charge is -2.47. The average Bonchev–Trinajstić information content (AvgIpc) is 2.72. The van der Waals surface area contributed by atoms with Gasteiger partial charge in [-0.3, -0.25) is 14.9 Å². The second-order valence-electron chi connectivity index (χ2n) is 9.37. The van der Waals surface area contributed by atoms with Gasteiger partial charge in [-0.1, -0.05) is 28.9 Å². The molecule has 2 aliphatic rings. The highest BCUT2D eigenvalue weighted by Crippen LogP contribution is 2.43. The molecule has 2 aromatic carbocycles. The van der Waals surface area contributed by atoms with Crippen molar-refractivity contribution in [3.63, 3.8) is 0 Å². The van der Waals surface area contributed by atoms with Crippen LogP contribution in [0.25, 0.3) is 6.08 Å². The van der Waals surface area contributed by atoms with E-state index in [9.17, 15) is 14.4 Å². The second kappa shape index (κ2) is 8.45. The first-order valence-corrected chi connectivity index (χ1v) is 11.9. The Morgan fingerprint density at radius 3 is 2.48 bits per heavy atom. The molecule has 1 fully saturated rings. The van der Waals surface area contributed by atoms with Gasteiger partial charge < -0.3 is 4.90 Å². The maximum Gasteiger partial charge on any atom is 0.335 e. The van der Waals surface area contributed by atoms with E-state index in [2.05, 4.69) is 66.0 Å². The lowest BCUT2D eigenvalue weighted by molar-refractivity contribution is -0.122. The van der Waals surface area contributed by atoms with Crippen LogP contribution in [0.2, 0.25) is 0 Å². The molecular weight excluding hydrogens is 482 g/mol. The Kier molecular flexibility index (Phi) is 5.95. The molecule has 0 aliphatic carbocycles. The number of rotatable bonds is 3. The number of benzene rings is 2. The Bertz CT molecular complexity index is 1200. The molecule has 4 rings (SSSR count). The number of hydrogen-bond acceptors (Lipinski definition) is 4. The summed E-state index contributed by atoms with van der Waals surface area (Å²) in [5, 5.41) is 2.31. The van der Waals surface area contributed by atoms with E-state index >= 15 is 0 Å². The van der Waals surface area contributed by atoms with Gasteiger partial charge in [0.2, 0.25) is 0 Å². The number of fused-ring (bicyclic) bond motifs is 1. The van der Waals surface area contributed by atoms with E-state index in [1.807, 2.05) is 19.1 Å². The minimum Gasteiger partial charge on any atom is -0.366 e. The molecule has 0 spiro atoms. The van der Waals surface area contributed by atoms with Crippen molar-refractivity contribution in [1.82, 2.24) is 5.32 Å². The number of hydrogen-bond donors (Lipinski definition) is 1. The molecule has 172 valence electrons. The molecule has 2 aromatic rings. The minimum atomic E-state index is -0.743. The van der Waals surface area contributed by atoms with Crippen LogP contribution in [0.5, 0.6) is 0 Å². The summed E-state index contributed by atoms with van der Waals surface area (Å²) in [5.41, 5.74) is 4.33. The number of urea groups is 1. The Balaban J connectivity index is 1.74. The van der Waals surface area contributed by atoms with Crippen LogP contribution in [-0.2, 0) is 9.59 Å². The molecule has 0 saturated carbocycles. The van der Waals surface area contributed by atoms with E-state index in [1.165, 1.54) is 11.3 Å². The number of nitrogens with zero attached hydrogens (tertiary/aromatic N) is 2. The smallest absolute Gasteiger partial charge is 0.335 e. The normalized spacial score (nSPS) is 21.3. The van der Waals surface area contributed by atoms with Gasteiger partial charge in [-0.05, 0) is 93.1 Å². The number of anilines is 2. The number of barbiturate groups is 1. The van der Waals surface area contributed by atoms with Crippen LogP contribution in [0.4, 0.5) is 16.2 Å². The molecule has 2 aliphatic heterocycles. The Hall–Kier alpha value is -2.93. The van der Waals surface area contributed by atoms with E-state index in [-0.39, 0.29) is 11.1 Å². The van der Waals surface area contributed by atoms with Gasteiger partial charge in [0.1, 0.15) is 5.57 Å². The standard InChI is InChI=1S/C26H28BrN3O3/c1-6-29-22-9-7-17(12-19(22)16(3)14-26(29,4)5)13-20-23(31)28-25(33)30(24(20)32)21-10-8-18(27)11-15(21)2/h7-13,16H,6,14H2,1-5H3,(H,28,31,33)/b20-13-. The van der Waals surface area contributed by atoms with Gasteiger partial charge in [0.25, 0.3) is 11.8 Å². The third-order valence-corrected chi connectivity index (χ3v) is 7.03. The SMILES string of the molecule is CCN1c2ccc(/C=C3/C(=O)NC(=O)N(c4ccc(Br)cc4C)C3=O)cc2C(C)CC1(C)C. The molecule has 0 bridgehead atoms. The van der Waals surface area contributed by atoms with Crippen molar-refractivity contribution in [3.05, 3.63) is 63.1 Å². The van der Waals surface area contributed by atoms with Crippen LogP contribution in [-0.4, -0.2) is 29.9 Å². The van der Waals surface area contributed by atoms with Crippen LogP contribution < -0.4 is 15.1 Å². The highest BCUT2D eigenvalue weighted by Gasteiger charge is 2.38. The molecule has 0 aromatic heterocycles. The average molecular weight is 510 g/mol. The fourth-order valence-electron chi connectivity index (χ4n) is 5.11. The van der Waals surface area contributed by atoms with Crippen LogP contribution in [0, 0.1) is 6.92 Å². The number of carbonyl (C=O) groups is 3. The summed E-state index contributed by atoms with van der Waals surface area (Å²) in [6, 6.07) is 10.6. The topological polar surface area (TPSA) is 69.7 Å². The first-order valence-electron chi connectivity index (χ1n) is 11.1.